The number of aromatic nitrogens is 3. The number of pyridine rings is 1. The van der Waals surface area contributed by atoms with Crippen molar-refractivity contribution in [2.75, 3.05) is 24.7 Å². The number of carbonyl (C=O) groups is 3. The summed E-state index contributed by atoms with van der Waals surface area (Å²) < 4.78 is 63.4. The van der Waals surface area contributed by atoms with Gasteiger partial charge in [0.25, 0.3) is 11.8 Å². The second-order valence-electron chi connectivity index (χ2n) is 8.87. The summed E-state index contributed by atoms with van der Waals surface area (Å²) >= 11 is 0. The van der Waals surface area contributed by atoms with E-state index in [-0.39, 0.29) is 30.1 Å². The molecular weight excluding hydrogens is 565 g/mol. The maximum Gasteiger partial charge on any atom is 0.433 e. The van der Waals surface area contributed by atoms with Crippen LogP contribution in [-0.2, 0) is 27.4 Å². The van der Waals surface area contributed by atoms with E-state index in [9.17, 15) is 36.0 Å². The van der Waals surface area contributed by atoms with Gasteiger partial charge < -0.3 is 16.0 Å². The predicted octanol–water partition coefficient (Wildman–Crippen LogP) is 2.65. The largest absolute Gasteiger partial charge is 0.433 e. The van der Waals surface area contributed by atoms with Crippen molar-refractivity contribution in [2.24, 2.45) is 0 Å². The molecule has 2 aromatic carbocycles. The lowest BCUT2D eigenvalue weighted by Crippen LogP contribution is -2.36. The van der Waals surface area contributed by atoms with Crippen molar-refractivity contribution < 1.29 is 36.0 Å². The van der Waals surface area contributed by atoms with Gasteiger partial charge in [0.05, 0.1) is 10.4 Å². The van der Waals surface area contributed by atoms with Gasteiger partial charge in [-0.05, 0) is 48.5 Å². The fourth-order valence-electron chi connectivity index (χ4n) is 3.70. The zero-order valence-corrected chi connectivity index (χ0v) is 22.2. The van der Waals surface area contributed by atoms with Gasteiger partial charge in [0.15, 0.2) is 9.84 Å². The molecule has 2 heterocycles. The van der Waals surface area contributed by atoms with Crippen LogP contribution in [0.2, 0.25) is 0 Å². The summed E-state index contributed by atoms with van der Waals surface area (Å²) in [6.45, 7) is 0.0598. The van der Waals surface area contributed by atoms with E-state index >= 15 is 0 Å². The third-order valence-corrected chi connectivity index (χ3v) is 6.75. The Morgan fingerprint density at radius 3 is 2.39 bits per heavy atom. The molecule has 0 spiro atoms. The Kier molecular flexibility index (Phi) is 8.37. The summed E-state index contributed by atoms with van der Waals surface area (Å²) in [5.74, 6) is -1.71. The number of nitrogens with one attached hydrogen (secondary N) is 3. The zero-order valence-electron chi connectivity index (χ0n) is 21.4. The van der Waals surface area contributed by atoms with Crippen LogP contribution in [0.3, 0.4) is 0 Å². The summed E-state index contributed by atoms with van der Waals surface area (Å²) in [6, 6.07) is 13.3. The van der Waals surface area contributed by atoms with Crippen LogP contribution in [0.25, 0.3) is 10.9 Å². The fraction of sp³-hybridized carbons (Fsp3) is 0.192. The van der Waals surface area contributed by atoms with Crippen molar-refractivity contribution in [1.82, 2.24) is 25.4 Å². The van der Waals surface area contributed by atoms with Gasteiger partial charge in [-0.15, -0.1) is 0 Å². The van der Waals surface area contributed by atoms with Gasteiger partial charge in [-0.1, -0.05) is 12.1 Å². The molecule has 0 aliphatic heterocycles. The average Bonchev–Trinajstić information content (AvgIpc) is 3.31. The van der Waals surface area contributed by atoms with Crippen LogP contribution in [0, 0.1) is 0 Å². The molecule has 0 bridgehead atoms. The van der Waals surface area contributed by atoms with E-state index in [4.69, 9.17) is 0 Å². The minimum absolute atomic E-state index is 0.0206. The summed E-state index contributed by atoms with van der Waals surface area (Å²) in [5, 5.41) is 12.6. The van der Waals surface area contributed by atoms with Crippen LogP contribution in [0.4, 0.5) is 18.9 Å². The van der Waals surface area contributed by atoms with E-state index in [0.29, 0.717) is 16.6 Å². The number of carbonyl (C=O) groups excluding carboxylic acids is 3. The lowest BCUT2D eigenvalue weighted by atomic mass is 10.2. The summed E-state index contributed by atoms with van der Waals surface area (Å²) in [6.07, 6.45) is -2.08. The van der Waals surface area contributed by atoms with E-state index < -0.39 is 45.1 Å². The van der Waals surface area contributed by atoms with Crippen molar-refractivity contribution in [2.45, 2.75) is 17.6 Å². The van der Waals surface area contributed by atoms with Crippen LogP contribution >= 0.6 is 0 Å². The Hall–Kier alpha value is -4.79. The smallest absolute Gasteiger partial charge is 0.353 e. The third kappa shape index (κ3) is 7.66. The lowest BCUT2D eigenvalue weighted by Gasteiger charge is -2.08. The first-order valence-electron chi connectivity index (χ1n) is 12.0. The molecule has 3 amide bonds. The summed E-state index contributed by atoms with van der Waals surface area (Å²) in [5.41, 5.74) is -0.600. The molecule has 2 aromatic heterocycles. The molecule has 0 aliphatic carbocycles. The van der Waals surface area contributed by atoms with Crippen LogP contribution in [-0.4, -0.2) is 60.2 Å². The Morgan fingerprint density at radius 2 is 1.66 bits per heavy atom. The number of sulfone groups is 1. The molecule has 0 fully saturated rings. The first-order valence-corrected chi connectivity index (χ1v) is 13.9. The molecule has 11 nitrogen and oxygen atoms in total. The molecule has 0 saturated carbocycles. The number of nitrogens with zero attached hydrogens (tertiary/aromatic N) is 3. The van der Waals surface area contributed by atoms with Crippen molar-refractivity contribution in [1.29, 1.82) is 0 Å². The SMILES string of the molecule is CS(=O)(=O)c1cccc(C(=O)NCCNC(=O)Cn2cc3cc(NC(=O)c4cccc(C(F)(F)F)n4)ccc3n2)c1. The Labute approximate surface area is 231 Å². The van der Waals surface area contributed by atoms with Crippen LogP contribution in [0.15, 0.2) is 71.8 Å². The average molecular weight is 589 g/mol. The first-order chi connectivity index (χ1) is 19.3. The second kappa shape index (κ2) is 11.8. The topological polar surface area (TPSA) is 152 Å². The van der Waals surface area contributed by atoms with Gasteiger partial charge in [0, 0.05) is 42.2 Å². The molecule has 4 rings (SSSR count). The molecule has 0 unspecified atom stereocenters. The number of benzene rings is 2. The van der Waals surface area contributed by atoms with Crippen LogP contribution < -0.4 is 16.0 Å². The fourth-order valence-corrected chi connectivity index (χ4v) is 4.37. The predicted molar refractivity (Wildman–Crippen MR) is 142 cm³/mol. The van der Waals surface area contributed by atoms with E-state index in [1.165, 1.54) is 41.1 Å². The maximum atomic E-state index is 12.9. The quantitative estimate of drug-likeness (QED) is 0.254. The van der Waals surface area contributed by atoms with Crippen molar-refractivity contribution in [3.8, 4) is 0 Å². The van der Waals surface area contributed by atoms with Crippen LogP contribution in [0.1, 0.15) is 26.5 Å². The van der Waals surface area contributed by atoms with Gasteiger partial charge in [-0.2, -0.15) is 18.3 Å². The molecular formula is C26H23F3N6O5S. The number of anilines is 1. The lowest BCUT2D eigenvalue weighted by molar-refractivity contribution is -0.141. The highest BCUT2D eigenvalue weighted by Gasteiger charge is 2.33. The molecule has 0 aliphatic rings. The Bertz CT molecular complexity index is 1740. The molecule has 0 atom stereocenters. The molecule has 214 valence electrons. The number of hydrogen-bond acceptors (Lipinski definition) is 7. The molecule has 4 aromatic rings. The number of alkyl halides is 3. The summed E-state index contributed by atoms with van der Waals surface area (Å²) in [7, 11) is -3.46. The third-order valence-electron chi connectivity index (χ3n) is 5.64. The van der Waals surface area contributed by atoms with Crippen molar-refractivity contribution >= 4 is 44.1 Å². The van der Waals surface area contributed by atoms with Crippen molar-refractivity contribution in [3.05, 3.63) is 83.8 Å². The molecule has 15 heteroatoms. The van der Waals surface area contributed by atoms with E-state index in [0.717, 1.165) is 18.4 Å². The molecule has 41 heavy (non-hydrogen) atoms. The highest BCUT2D eigenvalue weighted by molar-refractivity contribution is 7.90. The monoisotopic (exact) mass is 588 g/mol. The molecule has 3 N–H and O–H groups in total. The van der Waals surface area contributed by atoms with E-state index in [1.54, 1.807) is 18.3 Å². The Balaban J connectivity index is 1.29. The standard InChI is InChI=1S/C26H23F3N6O5S/c1-41(39,40)19-5-2-4-16(13-19)24(37)31-11-10-30-23(36)15-35-14-17-12-18(8-9-20(17)34-35)32-25(38)21-6-3-7-22(33-21)26(27,28)29/h2-9,12-14H,10-11,15H2,1H3,(H,30,36)(H,31,37)(H,32,38). The molecule has 0 saturated heterocycles. The van der Waals surface area contributed by atoms with Crippen LogP contribution in [0.5, 0.6) is 0 Å². The number of amides is 3. The van der Waals surface area contributed by atoms with Gasteiger partial charge in [-0.25, -0.2) is 13.4 Å². The van der Waals surface area contributed by atoms with Gasteiger partial charge in [0.2, 0.25) is 5.91 Å². The van der Waals surface area contributed by atoms with Crippen molar-refractivity contribution in [3.63, 3.8) is 0 Å². The second-order valence-corrected chi connectivity index (χ2v) is 10.9. The highest BCUT2D eigenvalue weighted by Crippen LogP contribution is 2.27. The summed E-state index contributed by atoms with van der Waals surface area (Å²) in [4.78, 5) is 40.4. The van der Waals surface area contributed by atoms with Gasteiger partial charge in [-0.3, -0.25) is 19.1 Å². The Morgan fingerprint density at radius 1 is 0.927 bits per heavy atom. The number of hydrogen-bond donors (Lipinski definition) is 3. The van der Waals surface area contributed by atoms with E-state index in [1.807, 2.05) is 0 Å². The first kappa shape index (κ1) is 29.2. The maximum absolute atomic E-state index is 12.9. The minimum Gasteiger partial charge on any atom is -0.353 e. The minimum atomic E-state index is -4.68. The van der Waals surface area contributed by atoms with Gasteiger partial charge >= 0.3 is 6.18 Å². The van der Waals surface area contributed by atoms with E-state index in [2.05, 4.69) is 26.0 Å². The normalized spacial score (nSPS) is 11.7. The number of halogens is 3. The number of rotatable bonds is 9. The highest BCUT2D eigenvalue weighted by atomic mass is 32.2. The number of fused-ring (bicyclic) bond motifs is 1. The molecule has 0 radical (unpaired) electrons. The zero-order chi connectivity index (χ0) is 29.8. The van der Waals surface area contributed by atoms with Gasteiger partial charge in [0.1, 0.15) is 17.9 Å².